The standard InChI is InChI=1S/C14H14N4O2S/c1-9-7-21-13-12(9)16-8-18(14(13)20)5-4-17-6-10(15)2-3-11(17)19/h2-3,6-8H,4-5,15H2,1H3. The second-order valence-corrected chi connectivity index (χ2v) is 5.71. The zero-order valence-corrected chi connectivity index (χ0v) is 12.3. The van der Waals surface area contributed by atoms with Crippen LogP contribution in [0.15, 0.2) is 39.6 Å². The Hall–Kier alpha value is -2.41. The smallest absolute Gasteiger partial charge is 0.271 e. The average molecular weight is 302 g/mol. The van der Waals surface area contributed by atoms with E-state index in [-0.39, 0.29) is 11.1 Å². The van der Waals surface area contributed by atoms with Gasteiger partial charge in [-0.05, 0) is 23.9 Å². The van der Waals surface area contributed by atoms with Gasteiger partial charge in [0.2, 0.25) is 0 Å². The van der Waals surface area contributed by atoms with E-state index >= 15 is 0 Å². The molecular weight excluding hydrogens is 288 g/mol. The van der Waals surface area contributed by atoms with Gasteiger partial charge in [-0.2, -0.15) is 0 Å². The number of rotatable bonds is 3. The maximum absolute atomic E-state index is 12.3. The highest BCUT2D eigenvalue weighted by Crippen LogP contribution is 2.19. The first kappa shape index (κ1) is 13.6. The molecule has 3 aromatic heterocycles. The molecule has 0 aliphatic rings. The van der Waals surface area contributed by atoms with Gasteiger partial charge in [-0.1, -0.05) is 0 Å². The van der Waals surface area contributed by atoms with Crippen LogP contribution < -0.4 is 16.9 Å². The normalized spacial score (nSPS) is 11.1. The summed E-state index contributed by atoms with van der Waals surface area (Å²) in [6, 6.07) is 2.98. The number of hydrogen-bond donors (Lipinski definition) is 1. The maximum Gasteiger partial charge on any atom is 0.271 e. The van der Waals surface area contributed by atoms with Crippen LogP contribution in [0.4, 0.5) is 5.69 Å². The summed E-state index contributed by atoms with van der Waals surface area (Å²) in [6.45, 7) is 2.69. The van der Waals surface area contributed by atoms with E-state index in [1.54, 1.807) is 12.3 Å². The molecule has 3 heterocycles. The second-order valence-electron chi connectivity index (χ2n) is 4.83. The minimum atomic E-state index is -0.141. The van der Waals surface area contributed by atoms with Crippen LogP contribution in [0.5, 0.6) is 0 Å². The Balaban J connectivity index is 1.92. The van der Waals surface area contributed by atoms with Gasteiger partial charge in [0, 0.05) is 31.0 Å². The van der Waals surface area contributed by atoms with Gasteiger partial charge in [-0.25, -0.2) is 4.98 Å². The first-order chi connectivity index (χ1) is 10.1. The Labute approximate surface area is 124 Å². The summed E-state index contributed by atoms with van der Waals surface area (Å²) < 4.78 is 3.66. The van der Waals surface area contributed by atoms with Crippen molar-refractivity contribution in [3.63, 3.8) is 0 Å². The van der Waals surface area contributed by atoms with Crippen LogP contribution in [-0.4, -0.2) is 14.1 Å². The molecule has 0 spiro atoms. The highest BCUT2D eigenvalue weighted by atomic mass is 32.1. The summed E-state index contributed by atoms with van der Waals surface area (Å²) >= 11 is 1.40. The molecule has 0 fully saturated rings. The van der Waals surface area contributed by atoms with Gasteiger partial charge < -0.3 is 10.3 Å². The van der Waals surface area contributed by atoms with Gasteiger partial charge >= 0.3 is 0 Å². The summed E-state index contributed by atoms with van der Waals surface area (Å²) in [7, 11) is 0. The van der Waals surface area contributed by atoms with Gasteiger partial charge in [0.1, 0.15) is 4.70 Å². The SMILES string of the molecule is Cc1csc2c(=O)n(CCn3cc(N)ccc3=O)cnc12. The third-order valence-corrected chi connectivity index (χ3v) is 4.39. The minimum absolute atomic E-state index is 0.0740. The van der Waals surface area contributed by atoms with Gasteiger partial charge in [-0.15, -0.1) is 11.3 Å². The Morgan fingerprint density at radius 3 is 2.81 bits per heavy atom. The van der Waals surface area contributed by atoms with Crippen molar-refractivity contribution in [3.8, 4) is 0 Å². The van der Waals surface area contributed by atoms with E-state index in [4.69, 9.17) is 5.73 Å². The number of nitrogens with zero attached hydrogens (tertiary/aromatic N) is 3. The first-order valence-corrected chi connectivity index (χ1v) is 7.33. The van der Waals surface area contributed by atoms with Gasteiger partial charge in [0.25, 0.3) is 11.1 Å². The number of nitrogens with two attached hydrogens (primary N) is 1. The molecule has 0 aromatic carbocycles. The molecule has 0 unspecified atom stereocenters. The average Bonchev–Trinajstić information content (AvgIpc) is 2.84. The fraction of sp³-hybridized carbons (Fsp3) is 0.214. The van der Waals surface area contributed by atoms with Crippen molar-refractivity contribution in [2.75, 3.05) is 5.73 Å². The van der Waals surface area contributed by atoms with E-state index in [0.29, 0.717) is 23.5 Å². The molecule has 3 rings (SSSR count). The van der Waals surface area contributed by atoms with Crippen molar-refractivity contribution in [1.82, 2.24) is 14.1 Å². The Morgan fingerprint density at radius 2 is 2.00 bits per heavy atom. The molecule has 0 saturated heterocycles. The molecule has 6 nitrogen and oxygen atoms in total. The van der Waals surface area contributed by atoms with Crippen LogP contribution in [-0.2, 0) is 13.1 Å². The molecule has 0 saturated carbocycles. The van der Waals surface area contributed by atoms with Crippen molar-refractivity contribution in [3.05, 3.63) is 56.3 Å². The molecule has 7 heteroatoms. The summed E-state index contributed by atoms with van der Waals surface area (Å²) in [5, 5.41) is 1.92. The largest absolute Gasteiger partial charge is 0.398 e. The quantitative estimate of drug-likeness (QED) is 0.788. The number of aryl methyl sites for hydroxylation is 3. The molecule has 108 valence electrons. The lowest BCUT2D eigenvalue weighted by molar-refractivity contribution is 0.551. The van der Waals surface area contributed by atoms with Crippen molar-refractivity contribution >= 4 is 27.2 Å². The van der Waals surface area contributed by atoms with E-state index < -0.39 is 0 Å². The molecule has 0 aliphatic heterocycles. The number of nitrogen functional groups attached to an aromatic ring is 1. The third-order valence-electron chi connectivity index (χ3n) is 3.31. The lowest BCUT2D eigenvalue weighted by Crippen LogP contribution is -2.26. The minimum Gasteiger partial charge on any atom is -0.398 e. The van der Waals surface area contributed by atoms with E-state index in [1.807, 2.05) is 12.3 Å². The van der Waals surface area contributed by atoms with Crippen LogP contribution in [0.3, 0.4) is 0 Å². The molecule has 0 bridgehead atoms. The summed E-state index contributed by atoms with van der Waals surface area (Å²) in [4.78, 5) is 28.4. The number of aromatic nitrogens is 3. The van der Waals surface area contributed by atoms with Crippen molar-refractivity contribution in [1.29, 1.82) is 0 Å². The lowest BCUT2D eigenvalue weighted by Gasteiger charge is -2.08. The maximum atomic E-state index is 12.3. The zero-order chi connectivity index (χ0) is 15.0. The van der Waals surface area contributed by atoms with E-state index in [2.05, 4.69) is 4.98 Å². The molecular formula is C14H14N4O2S. The summed E-state index contributed by atoms with van der Waals surface area (Å²) in [5.41, 5.74) is 7.73. The van der Waals surface area contributed by atoms with Crippen LogP contribution in [0.25, 0.3) is 10.2 Å². The Kier molecular flexibility index (Phi) is 3.34. The molecule has 0 aliphatic carbocycles. The highest BCUT2D eigenvalue weighted by molar-refractivity contribution is 7.17. The highest BCUT2D eigenvalue weighted by Gasteiger charge is 2.08. The zero-order valence-electron chi connectivity index (χ0n) is 11.4. The predicted molar refractivity (Wildman–Crippen MR) is 83.7 cm³/mol. The van der Waals surface area contributed by atoms with Gasteiger partial charge in [0.15, 0.2) is 0 Å². The molecule has 3 aromatic rings. The number of fused-ring (bicyclic) bond motifs is 1. The summed E-state index contributed by atoms with van der Waals surface area (Å²) in [6.07, 6.45) is 3.11. The van der Waals surface area contributed by atoms with Gasteiger partial charge in [-0.3, -0.25) is 14.2 Å². The van der Waals surface area contributed by atoms with Crippen LogP contribution in [0, 0.1) is 6.92 Å². The van der Waals surface area contributed by atoms with Gasteiger partial charge in [0.05, 0.1) is 11.8 Å². The summed E-state index contributed by atoms with van der Waals surface area (Å²) in [5.74, 6) is 0. The third kappa shape index (κ3) is 2.47. The van der Waals surface area contributed by atoms with E-state index in [9.17, 15) is 9.59 Å². The fourth-order valence-corrected chi connectivity index (χ4v) is 3.11. The Morgan fingerprint density at radius 1 is 1.24 bits per heavy atom. The molecule has 0 atom stereocenters. The molecule has 2 N–H and O–H groups in total. The van der Waals surface area contributed by atoms with E-state index in [1.165, 1.54) is 32.9 Å². The van der Waals surface area contributed by atoms with Crippen molar-refractivity contribution in [2.24, 2.45) is 0 Å². The van der Waals surface area contributed by atoms with E-state index in [0.717, 1.165) is 11.1 Å². The number of anilines is 1. The number of hydrogen-bond acceptors (Lipinski definition) is 5. The Bertz CT molecular complexity index is 923. The van der Waals surface area contributed by atoms with Crippen LogP contribution in [0.1, 0.15) is 5.56 Å². The topological polar surface area (TPSA) is 82.9 Å². The molecule has 0 amide bonds. The second kappa shape index (κ2) is 5.17. The fourth-order valence-electron chi connectivity index (χ4n) is 2.16. The van der Waals surface area contributed by atoms with Crippen molar-refractivity contribution in [2.45, 2.75) is 20.0 Å². The van der Waals surface area contributed by atoms with Crippen LogP contribution in [0.2, 0.25) is 0 Å². The monoisotopic (exact) mass is 302 g/mol. The lowest BCUT2D eigenvalue weighted by atomic mass is 10.3. The van der Waals surface area contributed by atoms with Crippen molar-refractivity contribution < 1.29 is 0 Å². The first-order valence-electron chi connectivity index (χ1n) is 6.45. The molecule has 0 radical (unpaired) electrons. The molecule has 21 heavy (non-hydrogen) atoms. The predicted octanol–water partition coefficient (Wildman–Crippen LogP) is 1.21. The van der Waals surface area contributed by atoms with Crippen LogP contribution >= 0.6 is 11.3 Å². The number of thiophene rings is 1. The number of pyridine rings is 1.